The zero-order valence-electron chi connectivity index (χ0n) is 7.77. The van der Waals surface area contributed by atoms with E-state index in [-0.39, 0.29) is 0 Å². The van der Waals surface area contributed by atoms with Gasteiger partial charge in [0, 0.05) is 6.54 Å². The Kier molecular flexibility index (Phi) is 3.87. The summed E-state index contributed by atoms with van der Waals surface area (Å²) in [6.07, 6.45) is 2.80. The van der Waals surface area contributed by atoms with Gasteiger partial charge in [0.1, 0.15) is 0 Å². The van der Waals surface area contributed by atoms with Crippen molar-refractivity contribution in [2.45, 2.75) is 19.8 Å². The van der Waals surface area contributed by atoms with E-state index >= 15 is 0 Å². The van der Waals surface area contributed by atoms with Gasteiger partial charge in [-0.1, -0.05) is 6.92 Å². The lowest BCUT2D eigenvalue weighted by Gasteiger charge is -2.29. The number of nitrogens with one attached hydrogen (secondary N) is 1. The summed E-state index contributed by atoms with van der Waals surface area (Å²) in [5.74, 6) is 0.897. The molecule has 0 aromatic heterocycles. The molecule has 1 atom stereocenters. The number of likely N-dealkylation sites (tertiary alicyclic amines) is 1. The minimum Gasteiger partial charge on any atom is -0.317 e. The van der Waals surface area contributed by atoms with Gasteiger partial charge in [0.25, 0.3) is 0 Å². The van der Waals surface area contributed by atoms with Crippen LogP contribution in [0.15, 0.2) is 0 Å². The highest BCUT2D eigenvalue weighted by Gasteiger charge is 2.15. The highest BCUT2D eigenvalue weighted by molar-refractivity contribution is 4.71. The molecule has 1 fully saturated rings. The normalized spacial score (nSPS) is 27.3. The second-order valence-electron chi connectivity index (χ2n) is 3.58. The molecular formula is C9H20N2. The van der Waals surface area contributed by atoms with Gasteiger partial charge in [-0.15, -0.1) is 0 Å². The van der Waals surface area contributed by atoms with Crippen molar-refractivity contribution in [2.24, 2.45) is 5.92 Å². The van der Waals surface area contributed by atoms with Crippen molar-refractivity contribution in [3.63, 3.8) is 0 Å². The van der Waals surface area contributed by atoms with E-state index in [2.05, 4.69) is 24.2 Å². The fourth-order valence-electron chi connectivity index (χ4n) is 1.79. The first-order valence-corrected chi connectivity index (χ1v) is 4.72. The molecule has 0 radical (unpaired) electrons. The van der Waals surface area contributed by atoms with E-state index in [9.17, 15) is 0 Å². The van der Waals surface area contributed by atoms with E-state index in [4.69, 9.17) is 0 Å². The fourth-order valence-corrected chi connectivity index (χ4v) is 1.79. The lowest BCUT2D eigenvalue weighted by Crippen LogP contribution is -2.37. The molecule has 0 bridgehead atoms. The average molecular weight is 156 g/mol. The van der Waals surface area contributed by atoms with Crippen molar-refractivity contribution in [1.82, 2.24) is 10.2 Å². The summed E-state index contributed by atoms with van der Waals surface area (Å²) in [5, 5.41) is 3.41. The summed E-state index contributed by atoms with van der Waals surface area (Å²) in [6.45, 7) is 7.07. The van der Waals surface area contributed by atoms with Crippen LogP contribution in [0.1, 0.15) is 19.8 Å². The minimum atomic E-state index is 0.897. The van der Waals surface area contributed by atoms with Gasteiger partial charge in [0.05, 0.1) is 0 Å². The molecular weight excluding hydrogens is 136 g/mol. The first kappa shape index (κ1) is 9.01. The van der Waals surface area contributed by atoms with Crippen molar-refractivity contribution in [2.75, 3.05) is 33.2 Å². The summed E-state index contributed by atoms with van der Waals surface area (Å²) in [4.78, 5) is 2.44. The highest BCUT2D eigenvalue weighted by atomic mass is 15.1. The number of piperidine rings is 1. The summed E-state index contributed by atoms with van der Waals surface area (Å²) in [5.41, 5.74) is 0. The molecule has 0 spiro atoms. The van der Waals surface area contributed by atoms with Crippen LogP contribution < -0.4 is 5.32 Å². The Labute approximate surface area is 70.0 Å². The molecule has 66 valence electrons. The first-order chi connectivity index (χ1) is 5.33. The van der Waals surface area contributed by atoms with Gasteiger partial charge in [-0.3, -0.25) is 0 Å². The zero-order chi connectivity index (χ0) is 8.10. The lowest BCUT2D eigenvalue weighted by molar-refractivity contribution is 0.207. The molecule has 1 aliphatic heterocycles. The number of rotatable bonds is 3. The van der Waals surface area contributed by atoms with Crippen LogP contribution in [0.2, 0.25) is 0 Å². The number of hydrogen-bond donors (Lipinski definition) is 1. The maximum Gasteiger partial charge on any atom is 0.00187 e. The maximum atomic E-state index is 3.41. The van der Waals surface area contributed by atoms with Gasteiger partial charge < -0.3 is 10.2 Å². The summed E-state index contributed by atoms with van der Waals surface area (Å²) in [7, 11) is 2.22. The van der Waals surface area contributed by atoms with Crippen LogP contribution in [0.3, 0.4) is 0 Å². The largest absolute Gasteiger partial charge is 0.317 e. The van der Waals surface area contributed by atoms with Gasteiger partial charge in [-0.05, 0) is 45.4 Å². The van der Waals surface area contributed by atoms with Gasteiger partial charge in [-0.2, -0.15) is 0 Å². The smallest absolute Gasteiger partial charge is 0.00187 e. The van der Waals surface area contributed by atoms with Crippen LogP contribution in [-0.4, -0.2) is 38.1 Å². The van der Waals surface area contributed by atoms with Gasteiger partial charge in [0.2, 0.25) is 0 Å². The molecule has 0 amide bonds. The molecule has 1 rings (SSSR count). The third kappa shape index (κ3) is 3.21. The molecule has 1 unspecified atom stereocenters. The van der Waals surface area contributed by atoms with E-state index in [0.29, 0.717) is 0 Å². The highest BCUT2D eigenvalue weighted by Crippen LogP contribution is 2.13. The fraction of sp³-hybridized carbons (Fsp3) is 1.00. The molecule has 1 aliphatic rings. The summed E-state index contributed by atoms with van der Waals surface area (Å²) in [6, 6.07) is 0. The molecule has 0 aliphatic carbocycles. The maximum absolute atomic E-state index is 3.41. The van der Waals surface area contributed by atoms with Gasteiger partial charge >= 0.3 is 0 Å². The molecule has 2 heteroatoms. The van der Waals surface area contributed by atoms with E-state index in [1.165, 1.54) is 32.5 Å². The van der Waals surface area contributed by atoms with Crippen LogP contribution >= 0.6 is 0 Å². The van der Waals surface area contributed by atoms with Crippen LogP contribution in [0.25, 0.3) is 0 Å². The van der Waals surface area contributed by atoms with E-state index < -0.39 is 0 Å². The average Bonchev–Trinajstić information content (AvgIpc) is 2.01. The molecule has 1 heterocycles. The molecule has 11 heavy (non-hydrogen) atoms. The van der Waals surface area contributed by atoms with Crippen LogP contribution in [0, 0.1) is 5.92 Å². The Morgan fingerprint density at radius 2 is 2.36 bits per heavy atom. The Hall–Kier alpha value is -0.0800. The second-order valence-corrected chi connectivity index (χ2v) is 3.58. The van der Waals surface area contributed by atoms with Gasteiger partial charge in [-0.25, -0.2) is 0 Å². The van der Waals surface area contributed by atoms with Crippen molar-refractivity contribution >= 4 is 0 Å². The molecule has 1 N–H and O–H groups in total. The zero-order valence-corrected chi connectivity index (χ0v) is 7.77. The second kappa shape index (κ2) is 4.73. The summed E-state index contributed by atoms with van der Waals surface area (Å²) >= 11 is 0. The standard InChI is InChI=1S/C9H20N2/c1-3-10-7-9-5-4-6-11(2)8-9/h9-10H,3-8H2,1-2H3. The molecule has 0 saturated carbocycles. The van der Waals surface area contributed by atoms with Crippen molar-refractivity contribution < 1.29 is 0 Å². The Morgan fingerprint density at radius 1 is 1.55 bits per heavy atom. The van der Waals surface area contributed by atoms with Crippen LogP contribution in [0.4, 0.5) is 0 Å². The Morgan fingerprint density at radius 3 is 3.00 bits per heavy atom. The van der Waals surface area contributed by atoms with E-state index in [1.807, 2.05) is 0 Å². The van der Waals surface area contributed by atoms with Gasteiger partial charge in [0.15, 0.2) is 0 Å². The Bertz CT molecular complexity index is 104. The van der Waals surface area contributed by atoms with Crippen molar-refractivity contribution in [3.05, 3.63) is 0 Å². The minimum absolute atomic E-state index is 0.897. The SMILES string of the molecule is CCNCC1CCCN(C)C1. The number of hydrogen-bond acceptors (Lipinski definition) is 2. The topological polar surface area (TPSA) is 15.3 Å². The third-order valence-corrected chi connectivity index (χ3v) is 2.41. The Balaban J connectivity index is 2.12. The molecule has 0 aromatic carbocycles. The molecule has 0 aromatic rings. The number of nitrogens with zero attached hydrogens (tertiary/aromatic N) is 1. The molecule has 2 nitrogen and oxygen atoms in total. The predicted octanol–water partition coefficient (Wildman–Crippen LogP) is 0.938. The quantitative estimate of drug-likeness (QED) is 0.654. The molecule has 1 saturated heterocycles. The monoisotopic (exact) mass is 156 g/mol. The van der Waals surface area contributed by atoms with E-state index in [1.54, 1.807) is 0 Å². The van der Waals surface area contributed by atoms with Crippen molar-refractivity contribution in [1.29, 1.82) is 0 Å². The lowest BCUT2D eigenvalue weighted by atomic mass is 9.99. The third-order valence-electron chi connectivity index (χ3n) is 2.41. The predicted molar refractivity (Wildman–Crippen MR) is 48.8 cm³/mol. The van der Waals surface area contributed by atoms with Crippen LogP contribution in [-0.2, 0) is 0 Å². The van der Waals surface area contributed by atoms with Crippen LogP contribution in [0.5, 0.6) is 0 Å². The first-order valence-electron chi connectivity index (χ1n) is 4.72. The summed E-state index contributed by atoms with van der Waals surface area (Å²) < 4.78 is 0. The van der Waals surface area contributed by atoms with E-state index in [0.717, 1.165) is 12.5 Å². The van der Waals surface area contributed by atoms with Crippen molar-refractivity contribution in [3.8, 4) is 0 Å².